The van der Waals surface area contributed by atoms with Crippen molar-refractivity contribution in [2.24, 2.45) is 0 Å². The van der Waals surface area contributed by atoms with Crippen LogP contribution in [-0.2, 0) is 10.0 Å². The van der Waals surface area contributed by atoms with Gasteiger partial charge in [0.05, 0.1) is 5.75 Å². The highest BCUT2D eigenvalue weighted by molar-refractivity contribution is 8.00. The van der Waals surface area contributed by atoms with Crippen LogP contribution in [0.25, 0.3) is 0 Å². The molecule has 1 aliphatic rings. The average molecular weight is 309 g/mol. The summed E-state index contributed by atoms with van der Waals surface area (Å²) >= 11 is 1.81. The summed E-state index contributed by atoms with van der Waals surface area (Å²) in [4.78, 5) is 0. The van der Waals surface area contributed by atoms with Crippen LogP contribution >= 0.6 is 11.8 Å². The van der Waals surface area contributed by atoms with Crippen LogP contribution in [-0.4, -0.2) is 44.3 Å². The van der Waals surface area contributed by atoms with Crippen LogP contribution in [0, 0.1) is 0 Å². The largest absolute Gasteiger partial charge is 0.314 e. The standard InChI is InChI=1S/C13H28N2O2S2/c1-12(2)14-9-6-10-19(16,17)15-11-13(18-3)7-4-5-8-13/h12,14-15H,4-11H2,1-3H3. The van der Waals surface area contributed by atoms with Crippen molar-refractivity contribution in [2.45, 2.75) is 56.7 Å². The number of thioether (sulfide) groups is 1. The smallest absolute Gasteiger partial charge is 0.211 e. The fourth-order valence-electron chi connectivity index (χ4n) is 2.44. The van der Waals surface area contributed by atoms with Crippen molar-refractivity contribution in [1.29, 1.82) is 0 Å². The lowest BCUT2D eigenvalue weighted by Gasteiger charge is -2.26. The number of hydrogen-bond acceptors (Lipinski definition) is 4. The van der Waals surface area contributed by atoms with E-state index in [0.29, 0.717) is 19.0 Å². The number of hydrogen-bond donors (Lipinski definition) is 2. The molecular formula is C13H28N2O2S2. The SMILES string of the molecule is CSC1(CNS(=O)(=O)CCCNC(C)C)CCCC1. The minimum Gasteiger partial charge on any atom is -0.314 e. The quantitative estimate of drug-likeness (QED) is 0.639. The van der Waals surface area contributed by atoms with Crippen LogP contribution in [0.2, 0.25) is 0 Å². The van der Waals surface area contributed by atoms with Crippen LogP contribution < -0.4 is 10.0 Å². The molecule has 0 radical (unpaired) electrons. The molecule has 0 bridgehead atoms. The van der Waals surface area contributed by atoms with Crippen LogP contribution in [0.3, 0.4) is 0 Å². The van der Waals surface area contributed by atoms with E-state index in [4.69, 9.17) is 0 Å². The third-order valence-corrected chi connectivity index (χ3v) is 6.53. The lowest BCUT2D eigenvalue weighted by Crippen LogP contribution is -2.39. The maximum atomic E-state index is 11.9. The third kappa shape index (κ3) is 6.47. The molecule has 0 amide bonds. The molecule has 0 aromatic rings. The monoisotopic (exact) mass is 308 g/mol. The van der Waals surface area contributed by atoms with E-state index < -0.39 is 10.0 Å². The second-order valence-corrected chi connectivity index (χ2v) is 8.90. The second-order valence-electron chi connectivity index (χ2n) is 5.70. The second kappa shape index (κ2) is 7.86. The Kier molecular flexibility index (Phi) is 7.14. The molecule has 0 aliphatic heterocycles. The third-order valence-electron chi connectivity index (χ3n) is 3.70. The number of nitrogens with one attached hydrogen (secondary N) is 2. The number of sulfonamides is 1. The lowest BCUT2D eigenvalue weighted by atomic mass is 10.1. The van der Waals surface area contributed by atoms with Gasteiger partial charge < -0.3 is 5.32 Å². The molecule has 1 aliphatic carbocycles. The fourth-order valence-corrected chi connectivity index (χ4v) is 4.61. The van der Waals surface area contributed by atoms with Gasteiger partial charge in [-0.15, -0.1) is 0 Å². The van der Waals surface area contributed by atoms with Gasteiger partial charge in [-0.1, -0.05) is 26.7 Å². The first kappa shape index (κ1) is 17.3. The Morgan fingerprint density at radius 2 is 1.89 bits per heavy atom. The van der Waals surface area contributed by atoms with E-state index in [1.807, 2.05) is 11.8 Å². The minimum absolute atomic E-state index is 0.142. The first-order chi connectivity index (χ1) is 8.89. The molecule has 0 aromatic heterocycles. The van der Waals surface area contributed by atoms with E-state index in [1.165, 1.54) is 12.8 Å². The summed E-state index contributed by atoms with van der Waals surface area (Å²) in [5, 5.41) is 3.24. The normalized spacial score (nSPS) is 19.2. The molecule has 4 nitrogen and oxygen atoms in total. The van der Waals surface area contributed by atoms with E-state index in [9.17, 15) is 8.42 Å². The summed E-state index contributed by atoms with van der Waals surface area (Å²) in [5.41, 5.74) is 0. The Bertz CT molecular complexity index is 350. The first-order valence-electron chi connectivity index (χ1n) is 7.15. The van der Waals surface area contributed by atoms with Crippen molar-refractivity contribution in [1.82, 2.24) is 10.0 Å². The Hall–Kier alpha value is 0.220. The fraction of sp³-hybridized carbons (Fsp3) is 1.00. The van der Waals surface area contributed by atoms with Crippen molar-refractivity contribution < 1.29 is 8.42 Å². The van der Waals surface area contributed by atoms with Gasteiger partial charge in [0, 0.05) is 17.3 Å². The molecule has 1 rings (SSSR count). The van der Waals surface area contributed by atoms with Gasteiger partial charge >= 0.3 is 0 Å². The zero-order chi connectivity index (χ0) is 14.4. The van der Waals surface area contributed by atoms with E-state index in [0.717, 1.165) is 19.4 Å². The molecule has 0 spiro atoms. The molecule has 1 saturated carbocycles. The molecule has 0 aromatic carbocycles. The van der Waals surface area contributed by atoms with Crippen LogP contribution in [0.4, 0.5) is 0 Å². The first-order valence-corrected chi connectivity index (χ1v) is 10.0. The molecule has 6 heteroatoms. The molecular weight excluding hydrogens is 280 g/mol. The van der Waals surface area contributed by atoms with Gasteiger partial charge in [0.1, 0.15) is 0 Å². The molecule has 0 saturated heterocycles. The van der Waals surface area contributed by atoms with E-state index >= 15 is 0 Å². The Labute approximate surface area is 122 Å². The van der Waals surface area contributed by atoms with Crippen molar-refractivity contribution in [3.8, 4) is 0 Å². The predicted molar refractivity (Wildman–Crippen MR) is 84.3 cm³/mol. The highest BCUT2D eigenvalue weighted by Crippen LogP contribution is 2.39. The van der Waals surface area contributed by atoms with Crippen molar-refractivity contribution in [3.05, 3.63) is 0 Å². The van der Waals surface area contributed by atoms with Crippen molar-refractivity contribution in [3.63, 3.8) is 0 Å². The summed E-state index contributed by atoms with van der Waals surface area (Å²) in [7, 11) is -3.12. The Morgan fingerprint density at radius 1 is 1.26 bits per heavy atom. The van der Waals surface area contributed by atoms with Gasteiger partial charge in [0.25, 0.3) is 0 Å². The van der Waals surface area contributed by atoms with Crippen LogP contribution in [0.1, 0.15) is 46.0 Å². The lowest BCUT2D eigenvalue weighted by molar-refractivity contribution is 0.542. The zero-order valence-corrected chi connectivity index (χ0v) is 14.0. The topological polar surface area (TPSA) is 58.2 Å². The van der Waals surface area contributed by atoms with Gasteiger partial charge in [-0.25, -0.2) is 13.1 Å². The van der Waals surface area contributed by atoms with Crippen LogP contribution in [0.15, 0.2) is 0 Å². The van der Waals surface area contributed by atoms with E-state index in [1.54, 1.807) is 0 Å². The maximum absolute atomic E-state index is 11.9. The summed E-state index contributed by atoms with van der Waals surface area (Å²) in [6.45, 7) is 5.48. The summed E-state index contributed by atoms with van der Waals surface area (Å²) < 4.78 is 26.8. The van der Waals surface area contributed by atoms with Gasteiger partial charge in [-0.3, -0.25) is 0 Å². The van der Waals surface area contributed by atoms with Gasteiger partial charge in [0.15, 0.2) is 0 Å². The molecule has 1 fully saturated rings. The van der Waals surface area contributed by atoms with E-state index in [2.05, 4.69) is 30.1 Å². The van der Waals surface area contributed by atoms with Gasteiger partial charge in [-0.05, 0) is 32.1 Å². The highest BCUT2D eigenvalue weighted by Gasteiger charge is 2.33. The number of rotatable bonds is 9. The minimum atomic E-state index is -3.12. The van der Waals surface area contributed by atoms with Crippen molar-refractivity contribution in [2.75, 3.05) is 25.1 Å². The van der Waals surface area contributed by atoms with Crippen molar-refractivity contribution >= 4 is 21.8 Å². The molecule has 114 valence electrons. The Morgan fingerprint density at radius 3 is 2.42 bits per heavy atom. The highest BCUT2D eigenvalue weighted by atomic mass is 32.2. The van der Waals surface area contributed by atoms with Gasteiger partial charge in [-0.2, -0.15) is 11.8 Å². The van der Waals surface area contributed by atoms with Gasteiger partial charge in [0.2, 0.25) is 10.0 Å². The summed E-state index contributed by atoms with van der Waals surface area (Å²) in [5.74, 6) is 0.219. The Balaban J connectivity index is 2.30. The predicted octanol–water partition coefficient (Wildman–Crippen LogP) is 1.97. The summed E-state index contributed by atoms with van der Waals surface area (Å²) in [6, 6.07) is 0.411. The molecule has 19 heavy (non-hydrogen) atoms. The molecule has 0 atom stereocenters. The average Bonchev–Trinajstić information content (AvgIpc) is 2.82. The maximum Gasteiger partial charge on any atom is 0.211 e. The zero-order valence-electron chi connectivity index (χ0n) is 12.4. The summed E-state index contributed by atoms with van der Waals surface area (Å²) in [6.07, 6.45) is 7.46. The molecule has 0 unspecified atom stereocenters. The molecule has 0 heterocycles. The van der Waals surface area contributed by atoms with Crippen LogP contribution in [0.5, 0.6) is 0 Å². The molecule has 2 N–H and O–H groups in total. The van der Waals surface area contributed by atoms with E-state index in [-0.39, 0.29) is 10.5 Å².